The van der Waals surface area contributed by atoms with Gasteiger partial charge in [0.05, 0.1) is 17.2 Å². The fourth-order valence-electron chi connectivity index (χ4n) is 2.52. The SMILES string of the molecule is CCN(CC)C(=O)CNC1CS(=O)(=O)c2ccccc21. The van der Waals surface area contributed by atoms with Gasteiger partial charge in [0.2, 0.25) is 5.91 Å². The zero-order valence-electron chi connectivity index (χ0n) is 11.8. The summed E-state index contributed by atoms with van der Waals surface area (Å²) in [5, 5.41) is 3.07. The quantitative estimate of drug-likeness (QED) is 0.879. The van der Waals surface area contributed by atoms with E-state index < -0.39 is 9.84 Å². The Hall–Kier alpha value is -1.40. The summed E-state index contributed by atoms with van der Waals surface area (Å²) in [6, 6.07) is 6.67. The van der Waals surface area contributed by atoms with Crippen molar-refractivity contribution in [3.8, 4) is 0 Å². The molecule has 1 amide bonds. The second kappa shape index (κ2) is 5.93. The molecule has 0 radical (unpaired) electrons. The number of carbonyl (C=O) groups is 1. The van der Waals surface area contributed by atoms with Gasteiger partial charge in [0.15, 0.2) is 9.84 Å². The monoisotopic (exact) mass is 296 g/mol. The minimum Gasteiger partial charge on any atom is -0.342 e. The van der Waals surface area contributed by atoms with Gasteiger partial charge in [-0.15, -0.1) is 0 Å². The van der Waals surface area contributed by atoms with Crippen LogP contribution in [0.2, 0.25) is 0 Å². The lowest BCUT2D eigenvalue weighted by Gasteiger charge is -2.20. The van der Waals surface area contributed by atoms with E-state index in [-0.39, 0.29) is 24.2 Å². The van der Waals surface area contributed by atoms with E-state index in [1.807, 2.05) is 19.9 Å². The van der Waals surface area contributed by atoms with Crippen LogP contribution in [0.5, 0.6) is 0 Å². The molecule has 110 valence electrons. The summed E-state index contributed by atoms with van der Waals surface area (Å²) in [7, 11) is -3.22. The van der Waals surface area contributed by atoms with Gasteiger partial charge in [-0.1, -0.05) is 18.2 Å². The summed E-state index contributed by atoms with van der Waals surface area (Å²) in [5.41, 5.74) is 0.764. The van der Waals surface area contributed by atoms with E-state index in [1.54, 1.807) is 23.1 Å². The van der Waals surface area contributed by atoms with E-state index >= 15 is 0 Å². The zero-order chi connectivity index (χ0) is 14.8. The van der Waals surface area contributed by atoms with E-state index in [0.717, 1.165) is 5.56 Å². The van der Waals surface area contributed by atoms with Crippen LogP contribution in [0, 0.1) is 0 Å². The summed E-state index contributed by atoms with van der Waals surface area (Å²) in [6.07, 6.45) is 0. The first-order valence-electron chi connectivity index (χ1n) is 6.82. The van der Waals surface area contributed by atoms with Gasteiger partial charge in [0, 0.05) is 19.1 Å². The first kappa shape index (κ1) is 15.0. The smallest absolute Gasteiger partial charge is 0.236 e. The highest BCUT2D eigenvalue weighted by Gasteiger charge is 2.34. The van der Waals surface area contributed by atoms with E-state index in [4.69, 9.17) is 0 Å². The number of likely N-dealkylation sites (N-methyl/N-ethyl adjacent to an activating group) is 1. The maximum atomic E-state index is 12.0. The third-order valence-corrected chi connectivity index (χ3v) is 5.45. The van der Waals surface area contributed by atoms with Gasteiger partial charge in [-0.05, 0) is 25.5 Å². The molecule has 0 aromatic heterocycles. The van der Waals surface area contributed by atoms with Crippen LogP contribution in [-0.4, -0.2) is 44.6 Å². The first-order chi connectivity index (χ1) is 9.49. The van der Waals surface area contributed by atoms with Gasteiger partial charge in [-0.2, -0.15) is 0 Å². The standard InChI is InChI=1S/C14H20N2O3S/c1-3-16(4-2)14(17)9-15-12-10-20(18,19)13-8-6-5-7-11(12)13/h5-8,12,15H,3-4,9-10H2,1-2H3. The molecule has 0 bridgehead atoms. The predicted molar refractivity (Wildman–Crippen MR) is 77.2 cm³/mol. The average molecular weight is 296 g/mol. The van der Waals surface area contributed by atoms with Crippen LogP contribution in [0.3, 0.4) is 0 Å². The Balaban J connectivity index is 2.08. The third kappa shape index (κ3) is 2.86. The molecule has 1 atom stereocenters. The molecule has 0 saturated carbocycles. The molecule has 1 aromatic carbocycles. The normalized spacial score (nSPS) is 19.6. The second-order valence-corrected chi connectivity index (χ2v) is 6.82. The van der Waals surface area contributed by atoms with Gasteiger partial charge in [-0.3, -0.25) is 4.79 Å². The van der Waals surface area contributed by atoms with Crippen molar-refractivity contribution in [2.75, 3.05) is 25.4 Å². The number of nitrogens with one attached hydrogen (secondary N) is 1. The van der Waals surface area contributed by atoms with Gasteiger partial charge >= 0.3 is 0 Å². The Bertz CT molecular complexity index is 594. The van der Waals surface area contributed by atoms with Crippen molar-refractivity contribution in [2.45, 2.75) is 24.8 Å². The summed E-state index contributed by atoms with van der Waals surface area (Å²) < 4.78 is 24.0. The molecule has 6 heteroatoms. The van der Waals surface area contributed by atoms with Gasteiger partial charge < -0.3 is 10.2 Å². The van der Waals surface area contributed by atoms with Crippen LogP contribution in [0.15, 0.2) is 29.2 Å². The molecule has 1 aliphatic rings. The van der Waals surface area contributed by atoms with E-state index in [0.29, 0.717) is 18.0 Å². The lowest BCUT2D eigenvalue weighted by Crippen LogP contribution is -2.39. The summed E-state index contributed by atoms with van der Waals surface area (Å²) in [6.45, 7) is 5.34. The molecule has 1 unspecified atom stereocenters. The summed E-state index contributed by atoms with van der Waals surface area (Å²) in [4.78, 5) is 14.1. The van der Waals surface area contributed by atoms with Gasteiger partial charge in [0.25, 0.3) is 0 Å². The van der Waals surface area contributed by atoms with Crippen LogP contribution in [0.25, 0.3) is 0 Å². The Morgan fingerprint density at radius 3 is 2.60 bits per heavy atom. The van der Waals surface area contributed by atoms with Crippen LogP contribution in [0.1, 0.15) is 25.5 Å². The molecule has 0 saturated heterocycles. The number of sulfone groups is 1. The van der Waals surface area contributed by atoms with E-state index in [9.17, 15) is 13.2 Å². The van der Waals surface area contributed by atoms with Crippen LogP contribution < -0.4 is 5.32 Å². The van der Waals surface area contributed by atoms with E-state index in [2.05, 4.69) is 5.32 Å². The second-order valence-electron chi connectivity index (χ2n) is 4.82. The molecular formula is C14H20N2O3S. The topological polar surface area (TPSA) is 66.5 Å². The first-order valence-corrected chi connectivity index (χ1v) is 8.47. The van der Waals surface area contributed by atoms with Crippen LogP contribution >= 0.6 is 0 Å². The molecule has 1 aromatic rings. The van der Waals surface area contributed by atoms with Crippen molar-refractivity contribution in [3.63, 3.8) is 0 Å². The Morgan fingerprint density at radius 2 is 1.95 bits per heavy atom. The van der Waals surface area contributed by atoms with Gasteiger partial charge in [-0.25, -0.2) is 8.42 Å². The number of benzene rings is 1. The lowest BCUT2D eigenvalue weighted by atomic mass is 10.1. The summed E-state index contributed by atoms with van der Waals surface area (Å²) in [5.74, 6) is 0.0227. The Morgan fingerprint density at radius 1 is 1.30 bits per heavy atom. The fraction of sp³-hybridized carbons (Fsp3) is 0.500. The molecule has 2 rings (SSSR count). The highest BCUT2D eigenvalue weighted by Crippen LogP contribution is 2.32. The van der Waals surface area contributed by atoms with Crippen molar-refractivity contribution in [3.05, 3.63) is 29.8 Å². The number of hydrogen-bond acceptors (Lipinski definition) is 4. The molecule has 1 N–H and O–H groups in total. The van der Waals surface area contributed by atoms with Crippen LogP contribution in [0.4, 0.5) is 0 Å². The average Bonchev–Trinajstić information content (AvgIpc) is 2.70. The molecule has 0 fully saturated rings. The van der Waals surface area contributed by atoms with E-state index in [1.165, 1.54) is 0 Å². The zero-order valence-corrected chi connectivity index (χ0v) is 12.6. The van der Waals surface area contributed by atoms with Crippen molar-refractivity contribution in [1.82, 2.24) is 10.2 Å². The highest BCUT2D eigenvalue weighted by atomic mass is 32.2. The number of nitrogens with zero attached hydrogens (tertiary/aromatic N) is 1. The minimum atomic E-state index is -3.22. The Labute approximate surface area is 119 Å². The molecule has 0 spiro atoms. The fourth-order valence-corrected chi connectivity index (χ4v) is 4.29. The largest absolute Gasteiger partial charge is 0.342 e. The number of amides is 1. The minimum absolute atomic E-state index is 0.00298. The molecule has 20 heavy (non-hydrogen) atoms. The van der Waals surface area contributed by atoms with Crippen LogP contribution in [-0.2, 0) is 14.6 Å². The molecular weight excluding hydrogens is 276 g/mol. The van der Waals surface area contributed by atoms with Crippen molar-refractivity contribution < 1.29 is 13.2 Å². The maximum Gasteiger partial charge on any atom is 0.236 e. The molecule has 1 heterocycles. The molecule has 5 nitrogen and oxygen atoms in total. The number of rotatable bonds is 5. The Kier molecular flexibility index (Phi) is 4.45. The third-order valence-electron chi connectivity index (χ3n) is 3.63. The predicted octanol–water partition coefficient (Wildman–Crippen LogP) is 0.973. The number of carbonyl (C=O) groups excluding carboxylic acids is 1. The summed E-state index contributed by atoms with van der Waals surface area (Å²) >= 11 is 0. The van der Waals surface area contributed by atoms with Gasteiger partial charge in [0.1, 0.15) is 0 Å². The molecule has 0 aliphatic carbocycles. The van der Waals surface area contributed by atoms with Crippen molar-refractivity contribution in [1.29, 1.82) is 0 Å². The number of hydrogen-bond donors (Lipinski definition) is 1. The highest BCUT2D eigenvalue weighted by molar-refractivity contribution is 7.91. The van der Waals surface area contributed by atoms with Crippen molar-refractivity contribution >= 4 is 15.7 Å². The maximum absolute atomic E-state index is 12.0. The lowest BCUT2D eigenvalue weighted by molar-refractivity contribution is -0.129. The molecule has 1 aliphatic heterocycles. The van der Waals surface area contributed by atoms with Crippen molar-refractivity contribution in [2.24, 2.45) is 0 Å². The number of fused-ring (bicyclic) bond motifs is 1.